The molecule has 0 unspecified atom stereocenters. The maximum Gasteiger partial charge on any atom is 0.154 e. The van der Waals surface area contributed by atoms with Crippen LogP contribution in [0.25, 0.3) is 21.1 Å². The quantitative estimate of drug-likeness (QED) is 0.739. The summed E-state index contributed by atoms with van der Waals surface area (Å²) in [7, 11) is 0. The molecule has 0 aliphatic heterocycles. The molecule has 0 spiro atoms. The van der Waals surface area contributed by atoms with Crippen LogP contribution in [-0.2, 0) is 6.42 Å². The second-order valence-corrected chi connectivity index (χ2v) is 7.47. The lowest BCUT2D eigenvalue weighted by Crippen LogP contribution is -2.26. The Morgan fingerprint density at radius 1 is 1.14 bits per heavy atom. The summed E-state index contributed by atoms with van der Waals surface area (Å²) in [6, 6.07) is 8.32. The van der Waals surface area contributed by atoms with Crippen LogP contribution in [0.15, 0.2) is 24.3 Å². The number of rotatable bonds is 3. The third kappa shape index (κ3) is 2.86. The molecule has 3 nitrogen and oxygen atoms in total. The minimum Gasteiger partial charge on any atom is -0.364 e. The molecule has 0 aliphatic rings. The highest BCUT2D eigenvalue weighted by atomic mass is 32.1. The number of hydrogen-bond donors (Lipinski definition) is 1. The van der Waals surface area contributed by atoms with Gasteiger partial charge >= 0.3 is 0 Å². The summed E-state index contributed by atoms with van der Waals surface area (Å²) in [6.45, 7) is 8.63. The summed E-state index contributed by atoms with van der Waals surface area (Å²) < 4.78 is 1.25. The normalized spacial score (nSPS) is 12.2. The van der Waals surface area contributed by atoms with Crippen LogP contribution in [0.3, 0.4) is 0 Å². The van der Waals surface area contributed by atoms with Crippen LogP contribution >= 0.6 is 11.3 Å². The zero-order valence-corrected chi connectivity index (χ0v) is 13.8. The SMILES string of the molecule is CCCc1nc2c(NC(C)(C)C)nc3ccccc3c2s1. The zero-order valence-electron chi connectivity index (χ0n) is 13.0. The fraction of sp³-hybridized carbons (Fsp3) is 0.412. The molecule has 0 atom stereocenters. The number of hydrogen-bond acceptors (Lipinski definition) is 4. The third-order valence-electron chi connectivity index (χ3n) is 3.23. The van der Waals surface area contributed by atoms with Crippen molar-refractivity contribution in [1.29, 1.82) is 0 Å². The lowest BCUT2D eigenvalue weighted by atomic mass is 10.1. The van der Waals surface area contributed by atoms with Gasteiger partial charge < -0.3 is 5.32 Å². The van der Waals surface area contributed by atoms with Crippen molar-refractivity contribution in [1.82, 2.24) is 9.97 Å². The average molecular weight is 299 g/mol. The van der Waals surface area contributed by atoms with Gasteiger partial charge in [0.25, 0.3) is 0 Å². The van der Waals surface area contributed by atoms with Crippen molar-refractivity contribution >= 4 is 38.3 Å². The highest BCUT2D eigenvalue weighted by molar-refractivity contribution is 7.19. The molecule has 0 amide bonds. The van der Waals surface area contributed by atoms with Crippen LogP contribution in [0, 0.1) is 0 Å². The molecule has 0 saturated heterocycles. The molecule has 4 heteroatoms. The van der Waals surface area contributed by atoms with Crippen molar-refractivity contribution in [3.05, 3.63) is 29.3 Å². The maximum atomic E-state index is 4.83. The van der Waals surface area contributed by atoms with Crippen LogP contribution in [-0.4, -0.2) is 15.5 Å². The molecular weight excluding hydrogens is 278 g/mol. The zero-order chi connectivity index (χ0) is 15.0. The minimum absolute atomic E-state index is 0.0308. The van der Waals surface area contributed by atoms with E-state index in [1.54, 1.807) is 11.3 Å². The molecule has 2 aromatic heterocycles. The van der Waals surface area contributed by atoms with Crippen molar-refractivity contribution in [3.63, 3.8) is 0 Å². The first-order valence-corrected chi connectivity index (χ1v) is 8.26. The van der Waals surface area contributed by atoms with Crippen molar-refractivity contribution in [2.24, 2.45) is 0 Å². The molecule has 0 fully saturated rings. The van der Waals surface area contributed by atoms with Gasteiger partial charge in [-0.3, -0.25) is 0 Å². The fourth-order valence-electron chi connectivity index (χ4n) is 2.41. The number of nitrogens with zero attached hydrogens (tertiary/aromatic N) is 2. The molecule has 3 rings (SSSR count). The van der Waals surface area contributed by atoms with E-state index in [1.165, 1.54) is 15.1 Å². The molecule has 21 heavy (non-hydrogen) atoms. The van der Waals surface area contributed by atoms with Gasteiger partial charge in [-0.05, 0) is 39.7 Å². The van der Waals surface area contributed by atoms with E-state index in [2.05, 4.69) is 51.2 Å². The lowest BCUT2D eigenvalue weighted by molar-refractivity contribution is 0.632. The Hall–Kier alpha value is -1.68. The van der Waals surface area contributed by atoms with Crippen molar-refractivity contribution in [2.45, 2.75) is 46.1 Å². The second kappa shape index (κ2) is 5.26. The number of thiazole rings is 1. The first-order valence-electron chi connectivity index (χ1n) is 7.44. The number of benzene rings is 1. The fourth-order valence-corrected chi connectivity index (χ4v) is 3.61. The Bertz CT molecular complexity index is 784. The molecule has 1 aromatic carbocycles. The monoisotopic (exact) mass is 299 g/mol. The predicted molar refractivity (Wildman–Crippen MR) is 92.3 cm³/mol. The first kappa shape index (κ1) is 14.3. The Labute approximate surface area is 129 Å². The predicted octanol–water partition coefficient (Wildman–Crippen LogP) is 5.01. The van der Waals surface area contributed by atoms with Crippen LogP contribution in [0.4, 0.5) is 5.82 Å². The summed E-state index contributed by atoms with van der Waals surface area (Å²) in [4.78, 5) is 9.63. The summed E-state index contributed by atoms with van der Waals surface area (Å²) >= 11 is 1.80. The minimum atomic E-state index is -0.0308. The Morgan fingerprint density at radius 3 is 2.62 bits per heavy atom. The van der Waals surface area contributed by atoms with Gasteiger partial charge in [0.1, 0.15) is 5.52 Å². The first-order chi connectivity index (χ1) is 9.98. The van der Waals surface area contributed by atoms with E-state index in [4.69, 9.17) is 9.97 Å². The van der Waals surface area contributed by atoms with Crippen LogP contribution in [0.1, 0.15) is 39.1 Å². The van der Waals surface area contributed by atoms with E-state index in [1.807, 2.05) is 6.07 Å². The second-order valence-electron chi connectivity index (χ2n) is 6.39. The summed E-state index contributed by atoms with van der Waals surface area (Å²) in [5.41, 5.74) is 2.01. The molecular formula is C17H21N3S. The summed E-state index contributed by atoms with van der Waals surface area (Å²) in [5, 5.41) is 5.90. The van der Waals surface area contributed by atoms with E-state index in [0.717, 1.165) is 29.7 Å². The summed E-state index contributed by atoms with van der Waals surface area (Å²) in [6.07, 6.45) is 2.15. The van der Waals surface area contributed by atoms with Crippen LogP contribution in [0.2, 0.25) is 0 Å². The molecule has 3 aromatic rings. The lowest BCUT2D eigenvalue weighted by Gasteiger charge is -2.21. The maximum absolute atomic E-state index is 4.83. The molecule has 1 N–H and O–H groups in total. The highest BCUT2D eigenvalue weighted by Crippen LogP contribution is 2.34. The van der Waals surface area contributed by atoms with Crippen LogP contribution in [0.5, 0.6) is 0 Å². The van der Waals surface area contributed by atoms with E-state index >= 15 is 0 Å². The van der Waals surface area contributed by atoms with Gasteiger partial charge in [0.15, 0.2) is 5.82 Å². The Balaban J connectivity index is 2.28. The van der Waals surface area contributed by atoms with Gasteiger partial charge in [-0.2, -0.15) is 0 Å². The molecule has 2 heterocycles. The molecule has 110 valence electrons. The van der Waals surface area contributed by atoms with Gasteiger partial charge in [0.2, 0.25) is 0 Å². The highest BCUT2D eigenvalue weighted by Gasteiger charge is 2.17. The van der Waals surface area contributed by atoms with Crippen molar-refractivity contribution in [2.75, 3.05) is 5.32 Å². The number of aryl methyl sites for hydroxylation is 1. The Kier molecular flexibility index (Phi) is 3.57. The number of pyridine rings is 1. The largest absolute Gasteiger partial charge is 0.364 e. The summed E-state index contributed by atoms with van der Waals surface area (Å²) in [5.74, 6) is 0.898. The van der Waals surface area contributed by atoms with E-state index in [9.17, 15) is 0 Å². The van der Waals surface area contributed by atoms with E-state index in [0.29, 0.717) is 0 Å². The van der Waals surface area contributed by atoms with Gasteiger partial charge in [-0.25, -0.2) is 9.97 Å². The number of nitrogens with one attached hydrogen (secondary N) is 1. The molecule has 0 radical (unpaired) electrons. The van der Waals surface area contributed by atoms with Gasteiger partial charge in [-0.15, -0.1) is 11.3 Å². The van der Waals surface area contributed by atoms with E-state index < -0.39 is 0 Å². The van der Waals surface area contributed by atoms with E-state index in [-0.39, 0.29) is 5.54 Å². The van der Waals surface area contributed by atoms with Crippen LogP contribution < -0.4 is 5.32 Å². The molecule has 0 aliphatic carbocycles. The van der Waals surface area contributed by atoms with Gasteiger partial charge in [-0.1, -0.05) is 25.1 Å². The number of aromatic nitrogens is 2. The number of fused-ring (bicyclic) bond motifs is 3. The smallest absolute Gasteiger partial charge is 0.154 e. The van der Waals surface area contributed by atoms with Gasteiger partial charge in [0.05, 0.1) is 15.2 Å². The van der Waals surface area contributed by atoms with Gasteiger partial charge in [0, 0.05) is 10.9 Å². The average Bonchev–Trinajstić information content (AvgIpc) is 2.82. The van der Waals surface area contributed by atoms with Crippen molar-refractivity contribution < 1.29 is 0 Å². The standard InChI is InChI=1S/C17H21N3S/c1-5-8-13-19-14-15(21-13)11-9-6-7-10-12(11)18-16(14)20-17(2,3)4/h6-7,9-10H,5,8H2,1-4H3,(H,18,20). The topological polar surface area (TPSA) is 37.8 Å². The van der Waals surface area contributed by atoms with Crippen molar-refractivity contribution in [3.8, 4) is 0 Å². The third-order valence-corrected chi connectivity index (χ3v) is 4.38. The number of anilines is 1. The molecule has 0 saturated carbocycles. The Morgan fingerprint density at radius 2 is 1.90 bits per heavy atom. The molecule has 0 bridgehead atoms. The number of para-hydroxylation sites is 1.